The lowest BCUT2D eigenvalue weighted by Gasteiger charge is -2.30. The zero-order chi connectivity index (χ0) is 20.1. The normalized spacial score (nSPS) is 14.8. The average molecular weight is 402 g/mol. The number of hydrogen-bond donors (Lipinski definition) is 0. The molecule has 1 fully saturated rings. The fourth-order valence-electron chi connectivity index (χ4n) is 3.38. The van der Waals surface area contributed by atoms with Crippen LogP contribution in [0.25, 0.3) is 0 Å². The van der Waals surface area contributed by atoms with Gasteiger partial charge in [-0.15, -0.1) is 0 Å². The van der Waals surface area contributed by atoms with Crippen LogP contribution in [0.5, 0.6) is 11.5 Å². The Labute approximate surface area is 172 Å². The van der Waals surface area contributed by atoms with Crippen molar-refractivity contribution in [3.8, 4) is 11.5 Å². The smallest absolute Gasteiger partial charge is 0.253 e. The van der Waals surface area contributed by atoms with Crippen LogP contribution >= 0.6 is 11.6 Å². The molecule has 3 rings (SSSR count). The number of likely N-dealkylation sites (tertiary alicyclic amines) is 1. The summed E-state index contributed by atoms with van der Waals surface area (Å²) in [6, 6.07) is 11.2. The van der Waals surface area contributed by atoms with Gasteiger partial charge in [-0.05, 0) is 74.6 Å². The monoisotopic (exact) mass is 401 g/mol. The molecular weight excluding hydrogens is 374 g/mol. The van der Waals surface area contributed by atoms with Gasteiger partial charge in [0.1, 0.15) is 18.1 Å². The number of ether oxygens (including phenoxy) is 2. The number of halogens is 1. The maximum absolute atomic E-state index is 12.9. The third-order valence-electron chi connectivity index (χ3n) is 5.20. The Hall–Kier alpha value is -2.20. The lowest BCUT2D eigenvalue weighted by Crippen LogP contribution is -2.37. The third kappa shape index (κ3) is 4.99. The molecule has 0 N–H and O–H groups in total. The molecule has 0 bridgehead atoms. The number of benzene rings is 2. The van der Waals surface area contributed by atoms with Crippen LogP contribution in [0.3, 0.4) is 0 Å². The molecule has 0 aliphatic carbocycles. The third-order valence-corrected chi connectivity index (χ3v) is 5.63. The first-order valence-corrected chi connectivity index (χ1v) is 10.3. The highest BCUT2D eigenvalue weighted by molar-refractivity contribution is 6.31. The largest absolute Gasteiger partial charge is 0.493 e. The Kier molecular flexibility index (Phi) is 6.84. The molecule has 0 atom stereocenters. The first-order valence-electron chi connectivity index (χ1n) is 9.92. The van der Waals surface area contributed by atoms with E-state index < -0.39 is 0 Å². The summed E-state index contributed by atoms with van der Waals surface area (Å²) in [5.74, 6) is 2.26. The quantitative estimate of drug-likeness (QED) is 0.641. The maximum atomic E-state index is 12.9. The molecule has 5 heteroatoms. The molecule has 1 saturated heterocycles. The summed E-state index contributed by atoms with van der Waals surface area (Å²) in [5.41, 5.74) is 2.52. The van der Waals surface area contributed by atoms with Crippen molar-refractivity contribution in [2.45, 2.75) is 40.2 Å². The van der Waals surface area contributed by atoms with Crippen LogP contribution in [-0.4, -0.2) is 30.5 Å². The van der Waals surface area contributed by atoms with E-state index in [-0.39, 0.29) is 5.91 Å². The van der Waals surface area contributed by atoms with E-state index in [9.17, 15) is 4.79 Å². The predicted octanol–water partition coefficient (Wildman–Crippen LogP) is 5.50. The van der Waals surface area contributed by atoms with Crippen LogP contribution in [0.15, 0.2) is 36.4 Å². The number of nitrogens with zero attached hydrogens (tertiary/aromatic N) is 1. The van der Waals surface area contributed by atoms with E-state index >= 15 is 0 Å². The number of carbonyl (C=O) groups is 1. The molecule has 4 nitrogen and oxygen atoms in total. The molecule has 0 unspecified atom stereocenters. The molecule has 1 aliphatic rings. The molecule has 1 aliphatic heterocycles. The minimum Gasteiger partial charge on any atom is -0.493 e. The SMILES string of the molecule is CCOc1ccc(C(=O)N2CCC(C)CC2)cc1COc1ccc(Cl)c(C)c1. The second kappa shape index (κ2) is 9.33. The second-order valence-corrected chi connectivity index (χ2v) is 7.84. The number of amides is 1. The molecule has 150 valence electrons. The van der Waals surface area contributed by atoms with Crippen LogP contribution in [0.4, 0.5) is 0 Å². The van der Waals surface area contributed by atoms with E-state index in [4.69, 9.17) is 21.1 Å². The van der Waals surface area contributed by atoms with E-state index in [2.05, 4.69) is 6.92 Å². The van der Waals surface area contributed by atoms with Gasteiger partial charge in [0, 0.05) is 29.2 Å². The zero-order valence-electron chi connectivity index (χ0n) is 16.8. The zero-order valence-corrected chi connectivity index (χ0v) is 17.6. The second-order valence-electron chi connectivity index (χ2n) is 7.43. The van der Waals surface area contributed by atoms with Crippen molar-refractivity contribution in [1.29, 1.82) is 0 Å². The highest BCUT2D eigenvalue weighted by atomic mass is 35.5. The Bertz CT molecular complexity index is 829. The van der Waals surface area contributed by atoms with Crippen molar-refractivity contribution in [1.82, 2.24) is 4.90 Å². The van der Waals surface area contributed by atoms with Gasteiger partial charge in [-0.1, -0.05) is 18.5 Å². The summed E-state index contributed by atoms with van der Waals surface area (Å²) in [4.78, 5) is 14.9. The van der Waals surface area contributed by atoms with Gasteiger partial charge < -0.3 is 14.4 Å². The van der Waals surface area contributed by atoms with E-state index in [0.29, 0.717) is 29.7 Å². The number of aryl methyl sites for hydroxylation is 1. The van der Waals surface area contributed by atoms with Gasteiger partial charge in [0.25, 0.3) is 5.91 Å². The molecular formula is C23H28ClNO3. The van der Waals surface area contributed by atoms with Gasteiger partial charge in [0.05, 0.1) is 6.61 Å². The van der Waals surface area contributed by atoms with Gasteiger partial charge >= 0.3 is 0 Å². The molecule has 0 saturated carbocycles. The summed E-state index contributed by atoms with van der Waals surface area (Å²) in [5, 5.41) is 0.714. The molecule has 1 amide bonds. The van der Waals surface area contributed by atoms with Crippen molar-refractivity contribution in [2.24, 2.45) is 5.92 Å². The maximum Gasteiger partial charge on any atom is 0.253 e. The highest BCUT2D eigenvalue weighted by Gasteiger charge is 2.22. The van der Waals surface area contributed by atoms with Gasteiger partial charge in [-0.25, -0.2) is 0 Å². The van der Waals surface area contributed by atoms with Crippen LogP contribution in [0.1, 0.15) is 48.2 Å². The first-order chi connectivity index (χ1) is 13.5. The number of hydrogen-bond acceptors (Lipinski definition) is 3. The Balaban J connectivity index is 1.76. The van der Waals surface area contributed by atoms with Crippen molar-refractivity contribution in [3.63, 3.8) is 0 Å². The van der Waals surface area contributed by atoms with Gasteiger partial charge in [0.2, 0.25) is 0 Å². The Morgan fingerprint density at radius 2 is 1.89 bits per heavy atom. The summed E-state index contributed by atoms with van der Waals surface area (Å²) in [7, 11) is 0. The molecule has 0 radical (unpaired) electrons. The van der Waals surface area contributed by atoms with Gasteiger partial charge in [-0.3, -0.25) is 4.79 Å². The number of carbonyl (C=O) groups excluding carboxylic acids is 1. The average Bonchev–Trinajstić information content (AvgIpc) is 2.70. The lowest BCUT2D eigenvalue weighted by atomic mass is 9.98. The first kappa shape index (κ1) is 20.5. The Morgan fingerprint density at radius 1 is 1.14 bits per heavy atom. The fourth-order valence-corrected chi connectivity index (χ4v) is 3.50. The van der Waals surface area contributed by atoms with Gasteiger partial charge in [0.15, 0.2) is 0 Å². The van der Waals surface area contributed by atoms with Gasteiger partial charge in [-0.2, -0.15) is 0 Å². The summed E-state index contributed by atoms with van der Waals surface area (Å²) in [6.45, 7) is 8.67. The van der Waals surface area contributed by atoms with Crippen molar-refractivity contribution in [3.05, 3.63) is 58.1 Å². The molecule has 0 aromatic heterocycles. The Morgan fingerprint density at radius 3 is 2.57 bits per heavy atom. The molecule has 2 aromatic rings. The topological polar surface area (TPSA) is 38.8 Å². The fraction of sp³-hybridized carbons (Fsp3) is 0.435. The van der Waals surface area contributed by atoms with Crippen molar-refractivity contribution < 1.29 is 14.3 Å². The van der Waals surface area contributed by atoms with Crippen LogP contribution in [0.2, 0.25) is 5.02 Å². The van der Waals surface area contributed by atoms with E-state index in [1.54, 1.807) is 0 Å². The molecule has 28 heavy (non-hydrogen) atoms. The van der Waals surface area contributed by atoms with E-state index in [0.717, 1.165) is 48.6 Å². The minimum atomic E-state index is 0.0820. The molecule has 0 spiro atoms. The van der Waals surface area contributed by atoms with Crippen LogP contribution < -0.4 is 9.47 Å². The minimum absolute atomic E-state index is 0.0820. The predicted molar refractivity (Wildman–Crippen MR) is 112 cm³/mol. The van der Waals surface area contributed by atoms with Crippen molar-refractivity contribution >= 4 is 17.5 Å². The summed E-state index contributed by atoms with van der Waals surface area (Å²) >= 11 is 6.08. The number of piperidine rings is 1. The molecule has 1 heterocycles. The summed E-state index contributed by atoms with van der Waals surface area (Å²) in [6.07, 6.45) is 2.13. The molecule has 2 aromatic carbocycles. The standard InChI is InChI=1S/C23H28ClNO3/c1-4-27-22-8-5-18(23(26)25-11-9-16(2)10-12-25)14-19(22)15-28-20-6-7-21(24)17(3)13-20/h5-8,13-14,16H,4,9-12,15H2,1-3H3. The highest BCUT2D eigenvalue weighted by Crippen LogP contribution is 2.26. The van der Waals surface area contributed by atoms with E-state index in [1.807, 2.05) is 55.1 Å². The van der Waals surface area contributed by atoms with Crippen LogP contribution in [-0.2, 0) is 6.61 Å². The summed E-state index contributed by atoms with van der Waals surface area (Å²) < 4.78 is 11.7. The van der Waals surface area contributed by atoms with Crippen LogP contribution in [0, 0.1) is 12.8 Å². The van der Waals surface area contributed by atoms with E-state index in [1.165, 1.54) is 0 Å². The number of rotatable bonds is 6. The lowest BCUT2D eigenvalue weighted by molar-refractivity contribution is 0.0697. The van der Waals surface area contributed by atoms with Crippen molar-refractivity contribution in [2.75, 3.05) is 19.7 Å².